The molecule has 0 bridgehead atoms. The van der Waals surface area contributed by atoms with E-state index in [0.717, 1.165) is 70.6 Å². The Hall–Kier alpha value is -1.66. The van der Waals surface area contributed by atoms with Gasteiger partial charge in [0.05, 0.1) is 0 Å². The number of hydrogen-bond acceptors (Lipinski definition) is 4. The van der Waals surface area contributed by atoms with Gasteiger partial charge in [0.15, 0.2) is 0 Å². The van der Waals surface area contributed by atoms with Gasteiger partial charge in [0.2, 0.25) is 11.8 Å². The largest absolute Gasteiger partial charge is 0.396 e. The first-order valence-electron chi connectivity index (χ1n) is 15.3. The molecule has 6 heteroatoms. The third-order valence-corrected chi connectivity index (χ3v) is 7.27. The first kappa shape index (κ1) is 33.4. The first-order valence-corrected chi connectivity index (χ1v) is 15.3. The standard InChI is InChI=1S/C31H56N2O4/c34-26-19-15-11-7-3-1-5-9-13-17-24-30(36)32-28-22-21-23-29(28)33-31(37)25-18-14-10-6-2-4-8-12-16-20-27-35/h17-18,24-25,28-29,34-35H,1-16,19-23,26-27H2,(H,32,36)(H,33,37)/t28-,29+. The predicted molar refractivity (Wildman–Crippen MR) is 153 cm³/mol. The number of unbranched alkanes of at least 4 members (excludes halogenated alkanes) is 16. The Kier molecular flexibility index (Phi) is 22.2. The van der Waals surface area contributed by atoms with Gasteiger partial charge in [0, 0.05) is 25.3 Å². The lowest BCUT2D eigenvalue weighted by Crippen LogP contribution is -2.47. The lowest BCUT2D eigenvalue weighted by Gasteiger charge is -2.21. The number of aliphatic hydroxyl groups excluding tert-OH is 2. The smallest absolute Gasteiger partial charge is 0.243 e. The van der Waals surface area contributed by atoms with Crippen molar-refractivity contribution in [2.24, 2.45) is 0 Å². The van der Waals surface area contributed by atoms with Crippen molar-refractivity contribution in [1.82, 2.24) is 10.6 Å². The fraction of sp³-hybridized carbons (Fsp3) is 0.806. The van der Waals surface area contributed by atoms with Gasteiger partial charge in [-0.1, -0.05) is 89.2 Å². The molecular formula is C31H56N2O4. The summed E-state index contributed by atoms with van der Waals surface area (Å²) in [4.78, 5) is 24.6. The number of carbonyl (C=O) groups is 2. The van der Waals surface area contributed by atoms with E-state index < -0.39 is 0 Å². The van der Waals surface area contributed by atoms with Crippen LogP contribution in [-0.2, 0) is 9.59 Å². The molecule has 214 valence electrons. The molecule has 0 unspecified atom stereocenters. The van der Waals surface area contributed by atoms with Gasteiger partial charge in [0.25, 0.3) is 0 Å². The fourth-order valence-electron chi connectivity index (χ4n) is 5.02. The molecule has 1 aliphatic carbocycles. The summed E-state index contributed by atoms with van der Waals surface area (Å²) < 4.78 is 0. The van der Waals surface area contributed by atoms with E-state index in [1.54, 1.807) is 12.2 Å². The normalized spacial score (nSPS) is 17.7. The Labute approximate surface area is 226 Å². The maximum Gasteiger partial charge on any atom is 0.243 e. The number of aliphatic hydroxyl groups is 2. The van der Waals surface area contributed by atoms with E-state index in [1.807, 2.05) is 12.2 Å². The van der Waals surface area contributed by atoms with Crippen LogP contribution in [0.15, 0.2) is 24.3 Å². The molecular weight excluding hydrogens is 464 g/mol. The van der Waals surface area contributed by atoms with E-state index in [1.165, 1.54) is 64.2 Å². The summed E-state index contributed by atoms with van der Waals surface area (Å²) in [5.41, 5.74) is 0. The summed E-state index contributed by atoms with van der Waals surface area (Å²) in [6.45, 7) is 0.616. The lowest BCUT2D eigenvalue weighted by molar-refractivity contribution is -0.119. The van der Waals surface area contributed by atoms with Crippen molar-refractivity contribution in [3.05, 3.63) is 24.3 Å². The molecule has 1 fully saturated rings. The maximum absolute atomic E-state index is 12.3. The Morgan fingerprint density at radius 1 is 0.541 bits per heavy atom. The highest BCUT2D eigenvalue weighted by Crippen LogP contribution is 2.19. The topological polar surface area (TPSA) is 98.7 Å². The van der Waals surface area contributed by atoms with Crippen LogP contribution in [0.3, 0.4) is 0 Å². The highest BCUT2D eigenvalue weighted by Gasteiger charge is 2.28. The molecule has 1 saturated carbocycles. The minimum Gasteiger partial charge on any atom is -0.396 e. The highest BCUT2D eigenvalue weighted by molar-refractivity contribution is 5.89. The number of hydrogen-bond donors (Lipinski definition) is 4. The Morgan fingerprint density at radius 2 is 0.865 bits per heavy atom. The average molecular weight is 521 g/mol. The van der Waals surface area contributed by atoms with E-state index in [9.17, 15) is 9.59 Å². The Morgan fingerprint density at radius 3 is 1.22 bits per heavy atom. The summed E-state index contributed by atoms with van der Waals surface area (Å²) in [5.74, 6) is -0.113. The SMILES string of the molecule is O=C(C=CCCCCCCCCCCO)N[C@H]1CCC[C@H]1NC(=O)C=CCCCCCCCCCCO. The minimum atomic E-state index is -0.0565. The lowest BCUT2D eigenvalue weighted by atomic mass is 10.1. The van der Waals surface area contributed by atoms with Crippen molar-refractivity contribution in [2.45, 2.75) is 147 Å². The van der Waals surface area contributed by atoms with Crippen molar-refractivity contribution >= 4 is 11.8 Å². The summed E-state index contributed by atoms with van der Waals surface area (Å²) in [6.07, 6.45) is 30.6. The third kappa shape index (κ3) is 20.0. The van der Waals surface area contributed by atoms with Gasteiger partial charge in [-0.15, -0.1) is 0 Å². The quantitative estimate of drug-likeness (QED) is 0.0892. The Bertz CT molecular complexity index is 568. The average Bonchev–Trinajstić information content (AvgIpc) is 3.31. The number of rotatable bonds is 24. The number of nitrogens with one attached hydrogen (secondary N) is 2. The molecule has 1 aliphatic rings. The maximum atomic E-state index is 12.3. The first-order chi connectivity index (χ1) is 18.2. The van der Waals surface area contributed by atoms with Gasteiger partial charge >= 0.3 is 0 Å². The van der Waals surface area contributed by atoms with Crippen LogP contribution in [-0.4, -0.2) is 47.3 Å². The molecule has 1 rings (SSSR count). The molecule has 0 aromatic carbocycles. The summed E-state index contributed by atoms with van der Waals surface area (Å²) >= 11 is 0. The second-order valence-corrected chi connectivity index (χ2v) is 10.6. The summed E-state index contributed by atoms with van der Waals surface area (Å²) in [5, 5.41) is 23.7. The van der Waals surface area contributed by atoms with Crippen molar-refractivity contribution < 1.29 is 19.8 Å². The summed E-state index contributed by atoms with van der Waals surface area (Å²) in [6, 6.07) is 0.0235. The molecule has 0 aromatic rings. The van der Waals surface area contributed by atoms with Gasteiger partial charge < -0.3 is 20.8 Å². The molecule has 0 aromatic heterocycles. The van der Waals surface area contributed by atoms with Crippen molar-refractivity contribution in [1.29, 1.82) is 0 Å². The number of carbonyl (C=O) groups excluding carboxylic acids is 2. The molecule has 2 atom stereocenters. The van der Waals surface area contributed by atoms with Crippen LogP contribution >= 0.6 is 0 Å². The zero-order chi connectivity index (χ0) is 26.8. The molecule has 6 nitrogen and oxygen atoms in total. The van der Waals surface area contributed by atoms with E-state index in [2.05, 4.69) is 10.6 Å². The predicted octanol–water partition coefficient (Wildman–Crippen LogP) is 6.26. The van der Waals surface area contributed by atoms with Gasteiger partial charge in [-0.05, 0) is 69.9 Å². The van der Waals surface area contributed by atoms with Gasteiger partial charge in [-0.3, -0.25) is 9.59 Å². The van der Waals surface area contributed by atoms with Crippen LogP contribution in [0.5, 0.6) is 0 Å². The van der Waals surface area contributed by atoms with Crippen molar-refractivity contribution in [3.63, 3.8) is 0 Å². The molecule has 0 saturated heterocycles. The fourth-order valence-corrected chi connectivity index (χ4v) is 5.02. The zero-order valence-corrected chi connectivity index (χ0v) is 23.4. The molecule has 0 heterocycles. The molecule has 4 N–H and O–H groups in total. The van der Waals surface area contributed by atoms with Gasteiger partial charge in [0.1, 0.15) is 0 Å². The van der Waals surface area contributed by atoms with Crippen LogP contribution in [0, 0.1) is 0 Å². The van der Waals surface area contributed by atoms with E-state index in [-0.39, 0.29) is 23.9 Å². The van der Waals surface area contributed by atoms with Gasteiger partial charge in [-0.2, -0.15) is 0 Å². The van der Waals surface area contributed by atoms with Crippen molar-refractivity contribution in [3.8, 4) is 0 Å². The van der Waals surface area contributed by atoms with Crippen molar-refractivity contribution in [2.75, 3.05) is 13.2 Å². The van der Waals surface area contributed by atoms with Gasteiger partial charge in [-0.25, -0.2) is 0 Å². The van der Waals surface area contributed by atoms with E-state index in [4.69, 9.17) is 10.2 Å². The number of allylic oxidation sites excluding steroid dienone is 2. The highest BCUT2D eigenvalue weighted by atomic mass is 16.3. The Balaban J connectivity index is 2.07. The molecule has 2 amide bonds. The van der Waals surface area contributed by atoms with E-state index in [0.29, 0.717) is 13.2 Å². The second kappa shape index (κ2) is 24.7. The minimum absolute atomic E-state index is 0.0118. The zero-order valence-electron chi connectivity index (χ0n) is 23.4. The molecule has 0 spiro atoms. The number of amides is 2. The van der Waals surface area contributed by atoms with Crippen LogP contribution in [0.2, 0.25) is 0 Å². The molecule has 0 radical (unpaired) electrons. The monoisotopic (exact) mass is 520 g/mol. The van der Waals surface area contributed by atoms with Crippen LogP contribution in [0.4, 0.5) is 0 Å². The third-order valence-electron chi connectivity index (χ3n) is 7.27. The summed E-state index contributed by atoms with van der Waals surface area (Å²) in [7, 11) is 0. The van der Waals surface area contributed by atoms with Crippen LogP contribution in [0.1, 0.15) is 135 Å². The van der Waals surface area contributed by atoms with Crippen LogP contribution < -0.4 is 10.6 Å². The van der Waals surface area contributed by atoms with Crippen LogP contribution in [0.25, 0.3) is 0 Å². The molecule has 37 heavy (non-hydrogen) atoms. The second-order valence-electron chi connectivity index (χ2n) is 10.6. The molecule has 0 aliphatic heterocycles. The van der Waals surface area contributed by atoms with E-state index >= 15 is 0 Å².